The number of amides is 1. The predicted octanol–water partition coefficient (Wildman–Crippen LogP) is 4.13. The summed E-state index contributed by atoms with van der Waals surface area (Å²) in [6.07, 6.45) is -4.71. The molecule has 0 radical (unpaired) electrons. The van der Waals surface area contributed by atoms with Crippen molar-refractivity contribution in [2.45, 2.75) is 52.0 Å². The monoisotopic (exact) mass is 446 g/mol. The molecule has 0 saturated carbocycles. The molecule has 7 nitrogen and oxygen atoms in total. The largest absolute Gasteiger partial charge is 0.410 e. The number of nitrogens with one attached hydrogen (secondary N) is 2. The lowest BCUT2D eigenvalue weighted by atomic mass is 9.96. The molecule has 4 rings (SSSR count). The molecule has 10 heteroatoms. The average molecular weight is 446 g/mol. The van der Waals surface area contributed by atoms with Crippen molar-refractivity contribution in [2.24, 2.45) is 7.05 Å². The van der Waals surface area contributed by atoms with Gasteiger partial charge in [-0.05, 0) is 26.3 Å². The molecule has 1 amide bonds. The number of alkyl halides is 3. The molecule has 0 aliphatic carbocycles. The molecule has 2 aromatic heterocycles. The molecule has 0 saturated heterocycles. The number of rotatable bonds is 4. The van der Waals surface area contributed by atoms with Crippen LogP contribution in [0.5, 0.6) is 0 Å². The minimum atomic E-state index is -4.50. The van der Waals surface area contributed by atoms with Crippen molar-refractivity contribution in [1.29, 1.82) is 0 Å². The molecule has 2 N–H and O–H groups in total. The summed E-state index contributed by atoms with van der Waals surface area (Å²) in [6.45, 7) is 5.87. The smallest absolute Gasteiger partial charge is 0.363 e. The van der Waals surface area contributed by atoms with Crippen LogP contribution in [0, 0.1) is 20.8 Å². The van der Waals surface area contributed by atoms with Gasteiger partial charge >= 0.3 is 6.18 Å². The molecule has 1 aliphatic rings. The summed E-state index contributed by atoms with van der Waals surface area (Å²) >= 11 is 0. The highest BCUT2D eigenvalue weighted by Gasteiger charge is 2.46. The maximum Gasteiger partial charge on any atom is 0.410 e. The van der Waals surface area contributed by atoms with Crippen molar-refractivity contribution < 1.29 is 18.0 Å². The summed E-state index contributed by atoms with van der Waals surface area (Å²) in [4.78, 5) is 12.7. The highest BCUT2D eigenvalue weighted by atomic mass is 19.4. The Labute approximate surface area is 183 Å². The lowest BCUT2D eigenvalue weighted by Gasteiger charge is -2.33. The molecule has 2 atom stereocenters. The zero-order chi connectivity index (χ0) is 23.2. The third-order valence-corrected chi connectivity index (χ3v) is 5.99. The van der Waals surface area contributed by atoms with Crippen LogP contribution in [-0.2, 0) is 13.6 Å². The lowest BCUT2D eigenvalue weighted by molar-refractivity contribution is -0.173. The SMILES string of the molecule is Cc1ccc([C@@H]2C[C@H](C(F)(F)F)n3nc(C(=O)NCc4c(C)nn(C)c4C)cc3N2)cc1. The molecule has 3 aromatic rings. The van der Waals surface area contributed by atoms with Crippen LogP contribution in [0.2, 0.25) is 0 Å². The zero-order valence-corrected chi connectivity index (χ0v) is 18.3. The number of aryl methyl sites for hydroxylation is 3. The van der Waals surface area contributed by atoms with E-state index in [-0.39, 0.29) is 24.5 Å². The number of hydrogen-bond donors (Lipinski definition) is 2. The highest BCUT2D eigenvalue weighted by molar-refractivity contribution is 5.93. The van der Waals surface area contributed by atoms with Gasteiger partial charge in [-0.25, -0.2) is 4.68 Å². The molecule has 0 bridgehead atoms. The Kier molecular flexibility index (Phi) is 5.47. The third kappa shape index (κ3) is 4.09. The molecule has 0 unspecified atom stereocenters. The van der Waals surface area contributed by atoms with Gasteiger partial charge in [0.2, 0.25) is 0 Å². The number of carbonyl (C=O) groups is 1. The van der Waals surface area contributed by atoms with Gasteiger partial charge in [0.05, 0.1) is 11.7 Å². The summed E-state index contributed by atoms with van der Waals surface area (Å²) in [7, 11) is 1.81. The number of anilines is 1. The fraction of sp³-hybridized carbons (Fsp3) is 0.409. The normalized spacial score (nSPS) is 18.2. The second-order valence-electron chi connectivity index (χ2n) is 8.22. The maximum absolute atomic E-state index is 13.8. The van der Waals surface area contributed by atoms with Crippen molar-refractivity contribution in [3.8, 4) is 0 Å². The first kappa shape index (κ1) is 21.9. The first-order chi connectivity index (χ1) is 15.0. The minimum Gasteiger partial charge on any atom is -0.363 e. The van der Waals surface area contributed by atoms with Crippen LogP contribution >= 0.6 is 0 Å². The van der Waals surface area contributed by atoms with E-state index in [2.05, 4.69) is 20.8 Å². The Morgan fingerprint density at radius 2 is 1.88 bits per heavy atom. The molecule has 1 aromatic carbocycles. The minimum absolute atomic E-state index is 0.0643. The van der Waals surface area contributed by atoms with Gasteiger partial charge in [-0.3, -0.25) is 9.48 Å². The standard InChI is InChI=1S/C22H25F3N6O/c1-12-5-7-15(8-6-12)17-9-19(22(23,24)25)31-20(27-17)10-18(29-31)21(32)26-11-16-13(2)28-30(4)14(16)3/h5-8,10,17,19,27H,9,11H2,1-4H3,(H,26,32)/t17-,19+/m0/s1. The Morgan fingerprint density at radius 1 is 1.19 bits per heavy atom. The average Bonchev–Trinajstić information content (AvgIpc) is 3.26. The first-order valence-electron chi connectivity index (χ1n) is 10.3. The van der Waals surface area contributed by atoms with Crippen LogP contribution in [0.3, 0.4) is 0 Å². The van der Waals surface area contributed by atoms with Gasteiger partial charge in [0.1, 0.15) is 5.82 Å². The van der Waals surface area contributed by atoms with E-state index in [1.54, 1.807) is 4.68 Å². The summed E-state index contributed by atoms with van der Waals surface area (Å²) in [5, 5.41) is 14.2. The van der Waals surface area contributed by atoms with E-state index in [9.17, 15) is 18.0 Å². The summed E-state index contributed by atoms with van der Waals surface area (Å²) in [5.41, 5.74) is 4.28. The predicted molar refractivity (Wildman–Crippen MR) is 113 cm³/mol. The van der Waals surface area contributed by atoms with Gasteiger partial charge in [-0.2, -0.15) is 23.4 Å². The van der Waals surface area contributed by atoms with Crippen LogP contribution in [0.25, 0.3) is 0 Å². The van der Waals surface area contributed by atoms with E-state index in [0.717, 1.165) is 32.8 Å². The van der Waals surface area contributed by atoms with E-state index in [0.29, 0.717) is 0 Å². The van der Waals surface area contributed by atoms with Gasteiger partial charge in [0.25, 0.3) is 5.91 Å². The van der Waals surface area contributed by atoms with E-state index in [4.69, 9.17) is 0 Å². The second-order valence-corrected chi connectivity index (χ2v) is 8.22. The number of nitrogens with zero attached hydrogens (tertiary/aromatic N) is 4. The highest BCUT2D eigenvalue weighted by Crippen LogP contribution is 2.43. The van der Waals surface area contributed by atoms with Gasteiger partial charge < -0.3 is 10.6 Å². The Balaban J connectivity index is 1.58. The van der Waals surface area contributed by atoms with Crippen LogP contribution in [0.15, 0.2) is 30.3 Å². The van der Waals surface area contributed by atoms with Gasteiger partial charge in [-0.1, -0.05) is 29.8 Å². The molecular formula is C22H25F3N6O. The van der Waals surface area contributed by atoms with Crippen molar-refractivity contribution in [3.05, 3.63) is 64.1 Å². The Bertz CT molecular complexity index is 1150. The second kappa shape index (κ2) is 7.99. The van der Waals surface area contributed by atoms with Crippen LogP contribution in [0.1, 0.15) is 57.1 Å². The van der Waals surface area contributed by atoms with Gasteiger partial charge in [0, 0.05) is 37.3 Å². The summed E-state index contributed by atoms with van der Waals surface area (Å²) in [6, 6.07) is 6.38. The van der Waals surface area contributed by atoms with Crippen LogP contribution in [-0.4, -0.2) is 31.6 Å². The van der Waals surface area contributed by atoms with Crippen molar-refractivity contribution in [2.75, 3.05) is 5.32 Å². The molecular weight excluding hydrogens is 421 g/mol. The number of aromatic nitrogens is 4. The Morgan fingerprint density at radius 3 is 2.47 bits per heavy atom. The van der Waals surface area contributed by atoms with Gasteiger partial charge in [-0.15, -0.1) is 0 Å². The summed E-state index contributed by atoms with van der Waals surface area (Å²) in [5.74, 6) is -0.368. The number of halogens is 3. The van der Waals surface area contributed by atoms with E-state index >= 15 is 0 Å². The summed E-state index contributed by atoms with van der Waals surface area (Å²) < 4.78 is 44.1. The fourth-order valence-corrected chi connectivity index (χ4v) is 4.03. The van der Waals surface area contributed by atoms with Crippen molar-refractivity contribution in [3.63, 3.8) is 0 Å². The maximum atomic E-state index is 13.8. The van der Waals surface area contributed by atoms with Crippen LogP contribution < -0.4 is 10.6 Å². The number of hydrogen-bond acceptors (Lipinski definition) is 4. The molecule has 170 valence electrons. The quantitative estimate of drug-likeness (QED) is 0.632. The van der Waals surface area contributed by atoms with E-state index in [1.807, 2.05) is 52.1 Å². The fourth-order valence-electron chi connectivity index (χ4n) is 4.03. The van der Waals surface area contributed by atoms with E-state index < -0.39 is 24.2 Å². The number of carbonyl (C=O) groups excluding carboxylic acids is 1. The van der Waals surface area contributed by atoms with E-state index in [1.165, 1.54) is 6.07 Å². The third-order valence-electron chi connectivity index (χ3n) is 5.99. The van der Waals surface area contributed by atoms with Crippen molar-refractivity contribution in [1.82, 2.24) is 24.9 Å². The molecule has 32 heavy (non-hydrogen) atoms. The first-order valence-corrected chi connectivity index (χ1v) is 10.3. The van der Waals surface area contributed by atoms with Crippen LogP contribution in [0.4, 0.5) is 19.0 Å². The molecule has 1 aliphatic heterocycles. The number of benzene rings is 1. The lowest BCUT2D eigenvalue weighted by Crippen LogP contribution is -2.35. The molecule has 3 heterocycles. The topological polar surface area (TPSA) is 76.8 Å². The molecule has 0 spiro atoms. The van der Waals surface area contributed by atoms with Gasteiger partial charge in [0.15, 0.2) is 11.7 Å². The Hall–Kier alpha value is -3.30. The number of fused-ring (bicyclic) bond motifs is 1. The zero-order valence-electron chi connectivity index (χ0n) is 18.3. The van der Waals surface area contributed by atoms with Crippen molar-refractivity contribution >= 4 is 11.7 Å². The molecule has 0 fully saturated rings.